The van der Waals surface area contributed by atoms with Crippen LogP contribution < -0.4 is 5.73 Å². The fourth-order valence-electron chi connectivity index (χ4n) is 5.82. The molecule has 2 N–H and O–H groups in total. The van der Waals surface area contributed by atoms with E-state index in [-0.39, 0.29) is 21.6 Å². The van der Waals surface area contributed by atoms with Crippen molar-refractivity contribution in [3.63, 3.8) is 0 Å². The number of hydrogen-bond donors (Lipinski definition) is 1. The molecule has 2 heterocycles. The van der Waals surface area contributed by atoms with Crippen molar-refractivity contribution in [1.82, 2.24) is 4.90 Å². The first-order valence-electron chi connectivity index (χ1n) is 11.5. The average Bonchev–Trinajstić information content (AvgIpc) is 3.08. The molecule has 2 aromatic carbocycles. The van der Waals surface area contributed by atoms with Crippen molar-refractivity contribution in [1.29, 1.82) is 0 Å². The quantitative estimate of drug-likeness (QED) is 0.337. The van der Waals surface area contributed by atoms with Gasteiger partial charge in [-0.05, 0) is 55.5 Å². The Morgan fingerprint density at radius 3 is 2.25 bits per heavy atom. The van der Waals surface area contributed by atoms with Crippen molar-refractivity contribution in [3.8, 4) is 0 Å². The molecule has 10 heteroatoms. The van der Waals surface area contributed by atoms with E-state index in [1.807, 2.05) is 25.7 Å². The highest BCUT2D eigenvalue weighted by molar-refractivity contribution is 6.31. The highest BCUT2D eigenvalue weighted by atomic mass is 35.5. The fourth-order valence-corrected chi connectivity index (χ4v) is 6.27. The Labute approximate surface area is 217 Å². The van der Waals surface area contributed by atoms with Crippen LogP contribution in [0.3, 0.4) is 0 Å². The van der Waals surface area contributed by atoms with Crippen LogP contribution in [0.1, 0.15) is 63.6 Å². The van der Waals surface area contributed by atoms with Crippen molar-refractivity contribution in [2.75, 3.05) is 0 Å². The van der Waals surface area contributed by atoms with Gasteiger partial charge in [0.15, 0.2) is 5.72 Å². The summed E-state index contributed by atoms with van der Waals surface area (Å²) in [5.74, 6) is -2.21. The van der Waals surface area contributed by atoms with E-state index in [1.165, 1.54) is 24.3 Å². The molecule has 36 heavy (non-hydrogen) atoms. The number of halogens is 6. The molecule has 2 aromatic rings. The maximum atomic E-state index is 15.5. The fraction of sp³-hybridized carbons (Fsp3) is 0.500. The first-order chi connectivity index (χ1) is 16.4. The zero-order valence-corrected chi connectivity index (χ0v) is 22.0. The van der Waals surface area contributed by atoms with Gasteiger partial charge in [0, 0.05) is 22.5 Å². The molecule has 0 amide bonds. The Kier molecular flexibility index (Phi) is 6.48. The summed E-state index contributed by atoms with van der Waals surface area (Å²) in [6.07, 6.45) is -4.23. The van der Waals surface area contributed by atoms with Crippen LogP contribution in [0.25, 0.3) is 0 Å². The largest absolute Gasteiger partial charge is 0.443 e. The van der Waals surface area contributed by atoms with Gasteiger partial charge in [-0.2, -0.15) is 13.2 Å². The van der Waals surface area contributed by atoms with Crippen molar-refractivity contribution >= 4 is 29.2 Å². The molecule has 4 nitrogen and oxygen atoms in total. The molecule has 4 unspecified atom stereocenters. The first kappa shape index (κ1) is 27.2. The molecule has 0 aliphatic carbocycles. The number of carbonyl (C=O) groups excluding carboxylic acids is 1. The maximum Gasteiger partial charge on any atom is 0.417 e. The monoisotopic (exact) mass is 546 g/mol. The number of benzene rings is 2. The molecule has 0 aromatic heterocycles. The number of nitrogens with two attached hydrogens (primary N) is 1. The predicted molar refractivity (Wildman–Crippen MR) is 130 cm³/mol. The van der Waals surface area contributed by atoms with Gasteiger partial charge in [-0.25, -0.2) is 9.29 Å². The van der Waals surface area contributed by atoms with Crippen LogP contribution in [-0.4, -0.2) is 28.7 Å². The van der Waals surface area contributed by atoms with Gasteiger partial charge in [0.1, 0.15) is 11.9 Å². The molecule has 2 aliphatic heterocycles. The van der Waals surface area contributed by atoms with E-state index in [4.69, 9.17) is 33.7 Å². The SMILES string of the molecule is CC(C)(C)CC1N2C(C(=O)OC2(C)C)C(c2ccc(C(F)(F)F)c(Cl)c2)C1(N)c1ccc(Cl)cc1F. The standard InChI is InChI=1S/C26H28Cl2F4N2O2/c1-23(2,3)12-19-25(33,16-9-7-14(27)11-18(16)29)20(21-22(35)36-24(4,5)34(19)21)13-6-8-15(17(28)10-13)26(30,31)32/h6-11,19-21H,12,33H2,1-5H3. The predicted octanol–water partition coefficient (Wildman–Crippen LogP) is 6.87. The van der Waals surface area contributed by atoms with E-state index in [0.29, 0.717) is 6.42 Å². The topological polar surface area (TPSA) is 55.6 Å². The summed E-state index contributed by atoms with van der Waals surface area (Å²) in [5.41, 5.74) is 3.66. The summed E-state index contributed by atoms with van der Waals surface area (Å²) >= 11 is 12.1. The van der Waals surface area contributed by atoms with Crippen LogP contribution in [0.5, 0.6) is 0 Å². The summed E-state index contributed by atoms with van der Waals surface area (Å²) in [6.45, 7) is 9.43. The number of rotatable bonds is 3. The lowest BCUT2D eigenvalue weighted by atomic mass is 9.68. The Balaban J connectivity index is 2.02. The summed E-state index contributed by atoms with van der Waals surface area (Å²) in [7, 11) is 0. The lowest BCUT2D eigenvalue weighted by molar-refractivity contribution is -0.152. The molecule has 2 saturated heterocycles. The smallest absolute Gasteiger partial charge is 0.417 e. The van der Waals surface area contributed by atoms with Gasteiger partial charge in [-0.15, -0.1) is 0 Å². The second kappa shape index (κ2) is 8.58. The Bertz CT molecular complexity index is 1210. The Morgan fingerprint density at radius 1 is 1.08 bits per heavy atom. The van der Waals surface area contributed by atoms with Crippen LogP contribution in [0.2, 0.25) is 10.0 Å². The third kappa shape index (κ3) is 4.40. The molecule has 0 spiro atoms. The van der Waals surface area contributed by atoms with E-state index in [0.717, 1.165) is 12.1 Å². The molecular formula is C26H28Cl2F4N2O2. The minimum absolute atomic E-state index is 0.111. The van der Waals surface area contributed by atoms with Gasteiger partial charge in [0.25, 0.3) is 0 Å². The highest BCUT2D eigenvalue weighted by Crippen LogP contribution is 2.58. The number of carbonyl (C=O) groups is 1. The van der Waals surface area contributed by atoms with Crippen molar-refractivity contribution in [2.24, 2.45) is 11.1 Å². The third-order valence-corrected chi connectivity index (χ3v) is 7.64. The molecule has 4 rings (SSSR count). The van der Waals surface area contributed by atoms with Crippen molar-refractivity contribution < 1.29 is 27.1 Å². The lowest BCUT2D eigenvalue weighted by Gasteiger charge is -2.44. The lowest BCUT2D eigenvalue weighted by Crippen LogP contribution is -2.56. The number of alkyl halides is 3. The van der Waals surface area contributed by atoms with Gasteiger partial charge >= 0.3 is 12.1 Å². The highest BCUT2D eigenvalue weighted by Gasteiger charge is 2.69. The molecule has 196 valence electrons. The van der Waals surface area contributed by atoms with Gasteiger partial charge in [-0.1, -0.05) is 56.1 Å². The van der Waals surface area contributed by atoms with E-state index in [2.05, 4.69) is 0 Å². The molecule has 0 radical (unpaired) electrons. The third-order valence-electron chi connectivity index (χ3n) is 7.09. The van der Waals surface area contributed by atoms with Crippen LogP contribution >= 0.6 is 23.2 Å². The number of nitrogens with zero attached hydrogens (tertiary/aromatic N) is 1. The van der Waals surface area contributed by atoms with E-state index >= 15 is 4.39 Å². The van der Waals surface area contributed by atoms with Gasteiger partial charge in [0.2, 0.25) is 0 Å². The van der Waals surface area contributed by atoms with Gasteiger partial charge in [0.05, 0.1) is 16.1 Å². The summed E-state index contributed by atoms with van der Waals surface area (Å²) < 4.78 is 61.6. The summed E-state index contributed by atoms with van der Waals surface area (Å²) in [5, 5.41) is -0.366. The van der Waals surface area contributed by atoms with E-state index < -0.39 is 57.8 Å². The number of ether oxygens (including phenoxy) is 1. The van der Waals surface area contributed by atoms with Crippen LogP contribution in [-0.2, 0) is 21.2 Å². The molecule has 0 saturated carbocycles. The van der Waals surface area contributed by atoms with Crippen LogP contribution in [0, 0.1) is 11.2 Å². The first-order valence-corrected chi connectivity index (χ1v) is 12.3. The summed E-state index contributed by atoms with van der Waals surface area (Å²) in [4.78, 5) is 15.1. The summed E-state index contributed by atoms with van der Waals surface area (Å²) in [6, 6.07) is 5.82. The molecular weight excluding hydrogens is 519 g/mol. The van der Waals surface area contributed by atoms with Crippen molar-refractivity contribution in [2.45, 2.75) is 76.5 Å². The van der Waals surface area contributed by atoms with Crippen LogP contribution in [0.15, 0.2) is 36.4 Å². The van der Waals surface area contributed by atoms with E-state index in [9.17, 15) is 18.0 Å². The van der Waals surface area contributed by atoms with E-state index in [1.54, 1.807) is 13.8 Å². The van der Waals surface area contributed by atoms with Gasteiger partial charge < -0.3 is 10.5 Å². The normalized spacial score (nSPS) is 28.3. The minimum Gasteiger partial charge on any atom is -0.443 e. The number of cyclic esters (lactones) is 1. The maximum absolute atomic E-state index is 15.5. The minimum atomic E-state index is -4.66. The zero-order chi connectivity index (χ0) is 27.0. The Hall–Kier alpha value is -1.87. The molecule has 0 bridgehead atoms. The second-order valence-corrected chi connectivity index (χ2v) is 12.1. The van der Waals surface area contributed by atoms with Crippen LogP contribution in [0.4, 0.5) is 17.6 Å². The zero-order valence-electron chi connectivity index (χ0n) is 20.5. The van der Waals surface area contributed by atoms with Crippen molar-refractivity contribution in [3.05, 3.63) is 69.0 Å². The molecule has 2 fully saturated rings. The molecule has 4 atom stereocenters. The number of esters is 1. The number of hydrogen-bond acceptors (Lipinski definition) is 4. The second-order valence-electron chi connectivity index (χ2n) is 11.3. The van der Waals surface area contributed by atoms with Gasteiger partial charge in [-0.3, -0.25) is 4.79 Å². The average molecular weight is 547 g/mol. The number of fused-ring (bicyclic) bond motifs is 1. The Morgan fingerprint density at radius 2 is 1.72 bits per heavy atom. The molecule has 2 aliphatic rings.